The fourth-order valence-corrected chi connectivity index (χ4v) is 1.47. The molecule has 0 aliphatic carbocycles. The summed E-state index contributed by atoms with van der Waals surface area (Å²) in [5, 5.41) is 11.0. The highest BCUT2D eigenvalue weighted by Gasteiger charge is 2.15. The lowest BCUT2D eigenvalue weighted by atomic mass is 10.3. The van der Waals surface area contributed by atoms with Crippen LogP contribution in [0.1, 0.15) is 19.8 Å². The molecule has 0 fully saturated rings. The number of nitrogens with zero attached hydrogens (tertiary/aromatic N) is 3. The summed E-state index contributed by atoms with van der Waals surface area (Å²) in [5.41, 5.74) is 0. The Bertz CT molecular complexity index is 312. The molecule has 0 rings (SSSR count). The smallest absolute Gasteiger partial charge is 0.236 e. The van der Waals surface area contributed by atoms with Crippen molar-refractivity contribution in [2.45, 2.75) is 19.8 Å². The minimum absolute atomic E-state index is 0.0670. The third-order valence-electron chi connectivity index (χ3n) is 2.53. The summed E-state index contributed by atoms with van der Waals surface area (Å²) in [5.74, 6) is -0.168. The van der Waals surface area contributed by atoms with E-state index in [1.165, 1.54) is 4.90 Å². The summed E-state index contributed by atoms with van der Waals surface area (Å²) in [6.45, 7) is 3.56. The normalized spacial score (nSPS) is 9.94. The van der Waals surface area contributed by atoms with Gasteiger partial charge in [-0.05, 0) is 13.0 Å². The number of nitriles is 1. The van der Waals surface area contributed by atoms with Gasteiger partial charge in [-0.25, -0.2) is 0 Å². The summed E-state index contributed by atoms with van der Waals surface area (Å²) in [6.07, 6.45) is 1.21. The highest BCUT2D eigenvalue weighted by Crippen LogP contribution is 1.95. The van der Waals surface area contributed by atoms with E-state index in [1.807, 2.05) is 17.9 Å². The molecule has 0 unspecified atom stereocenters. The molecule has 0 saturated heterocycles. The molecule has 1 N–H and O–H groups in total. The molecule has 6 nitrogen and oxygen atoms in total. The Morgan fingerprint density at radius 3 is 2.44 bits per heavy atom. The molecule has 0 aromatic carbocycles. The Labute approximate surface area is 109 Å². The monoisotopic (exact) mass is 254 g/mol. The van der Waals surface area contributed by atoms with E-state index in [2.05, 4.69) is 5.32 Å². The third kappa shape index (κ3) is 6.86. The van der Waals surface area contributed by atoms with E-state index in [9.17, 15) is 9.59 Å². The van der Waals surface area contributed by atoms with Crippen molar-refractivity contribution in [3.63, 3.8) is 0 Å². The summed E-state index contributed by atoms with van der Waals surface area (Å²) in [7, 11) is 3.25. The van der Waals surface area contributed by atoms with Crippen LogP contribution >= 0.6 is 0 Å². The Morgan fingerprint density at radius 2 is 1.94 bits per heavy atom. The van der Waals surface area contributed by atoms with Crippen LogP contribution in [0.25, 0.3) is 0 Å². The Morgan fingerprint density at radius 1 is 1.28 bits per heavy atom. The van der Waals surface area contributed by atoms with Gasteiger partial charge in [0.15, 0.2) is 0 Å². The second kappa shape index (κ2) is 9.42. The number of nitrogens with one attached hydrogen (secondary N) is 1. The summed E-state index contributed by atoms with van der Waals surface area (Å²) >= 11 is 0. The van der Waals surface area contributed by atoms with Crippen molar-refractivity contribution in [1.29, 1.82) is 5.26 Å². The number of hydrogen-bond acceptors (Lipinski definition) is 4. The fourth-order valence-electron chi connectivity index (χ4n) is 1.47. The maximum Gasteiger partial charge on any atom is 0.236 e. The van der Waals surface area contributed by atoms with Crippen LogP contribution < -0.4 is 5.32 Å². The van der Waals surface area contributed by atoms with Crippen LogP contribution in [0.3, 0.4) is 0 Å². The number of likely N-dealkylation sites (N-methyl/N-ethyl adjacent to an activating group) is 2. The molecule has 0 saturated carbocycles. The zero-order valence-corrected chi connectivity index (χ0v) is 11.4. The minimum Gasteiger partial charge on any atom is -0.358 e. The van der Waals surface area contributed by atoms with E-state index in [-0.39, 0.29) is 24.9 Å². The molecule has 0 aromatic rings. The second-order valence-corrected chi connectivity index (χ2v) is 4.11. The first-order chi connectivity index (χ1) is 8.54. The van der Waals surface area contributed by atoms with E-state index in [0.717, 1.165) is 6.42 Å². The number of rotatable bonds is 8. The average molecular weight is 254 g/mol. The molecule has 6 heteroatoms. The highest BCUT2D eigenvalue weighted by atomic mass is 16.2. The van der Waals surface area contributed by atoms with Crippen LogP contribution in [-0.4, -0.2) is 61.9 Å². The van der Waals surface area contributed by atoms with Gasteiger partial charge in [-0.3, -0.25) is 14.5 Å². The Hall–Kier alpha value is -1.61. The van der Waals surface area contributed by atoms with Crippen molar-refractivity contribution in [2.24, 2.45) is 0 Å². The van der Waals surface area contributed by atoms with Gasteiger partial charge in [0.25, 0.3) is 0 Å². The molecule has 2 amide bonds. The summed E-state index contributed by atoms with van der Waals surface area (Å²) in [4.78, 5) is 26.5. The Balaban J connectivity index is 4.26. The minimum atomic E-state index is -0.101. The summed E-state index contributed by atoms with van der Waals surface area (Å²) in [6, 6.07) is 2.00. The molecule has 18 heavy (non-hydrogen) atoms. The first-order valence-corrected chi connectivity index (χ1v) is 6.09. The molecule has 0 bridgehead atoms. The van der Waals surface area contributed by atoms with Crippen LogP contribution in [0.5, 0.6) is 0 Å². The lowest BCUT2D eigenvalue weighted by Crippen LogP contribution is -2.43. The van der Waals surface area contributed by atoms with Gasteiger partial charge in [0.2, 0.25) is 11.8 Å². The van der Waals surface area contributed by atoms with Crippen molar-refractivity contribution in [2.75, 3.05) is 40.3 Å². The number of carbonyl (C=O) groups excluding carboxylic acids is 2. The lowest BCUT2D eigenvalue weighted by molar-refractivity contribution is -0.131. The van der Waals surface area contributed by atoms with Crippen LogP contribution in [0, 0.1) is 11.3 Å². The van der Waals surface area contributed by atoms with Gasteiger partial charge in [-0.1, -0.05) is 6.92 Å². The standard InChI is InChI=1S/C12H22N4O2/c1-4-7-16(9-11(17)14-2)10-12(18)15(3)8-5-6-13/h4-5,7-10H2,1-3H3,(H,14,17). The quantitative estimate of drug-likeness (QED) is 0.651. The largest absolute Gasteiger partial charge is 0.358 e. The molecule has 0 aromatic heterocycles. The molecule has 102 valence electrons. The predicted octanol–water partition coefficient (Wildman–Crippen LogP) is -0.184. The van der Waals surface area contributed by atoms with E-state index >= 15 is 0 Å². The maximum absolute atomic E-state index is 11.8. The summed E-state index contributed by atoms with van der Waals surface area (Å²) < 4.78 is 0. The van der Waals surface area contributed by atoms with Crippen molar-refractivity contribution in [3.8, 4) is 6.07 Å². The molecular weight excluding hydrogens is 232 g/mol. The topological polar surface area (TPSA) is 76.4 Å². The molecule has 0 heterocycles. The van der Waals surface area contributed by atoms with Crippen molar-refractivity contribution in [1.82, 2.24) is 15.1 Å². The van der Waals surface area contributed by atoms with Gasteiger partial charge in [0, 0.05) is 20.6 Å². The molecule has 0 aliphatic rings. The molecule has 0 aliphatic heterocycles. The number of hydrogen-bond donors (Lipinski definition) is 1. The lowest BCUT2D eigenvalue weighted by Gasteiger charge is -2.23. The molecule has 0 radical (unpaired) electrons. The zero-order valence-electron chi connectivity index (χ0n) is 11.4. The van der Waals surface area contributed by atoms with Crippen LogP contribution in [0.4, 0.5) is 0 Å². The van der Waals surface area contributed by atoms with Crippen LogP contribution in [-0.2, 0) is 9.59 Å². The van der Waals surface area contributed by atoms with E-state index in [0.29, 0.717) is 19.5 Å². The van der Waals surface area contributed by atoms with Gasteiger partial charge >= 0.3 is 0 Å². The fraction of sp³-hybridized carbons (Fsp3) is 0.750. The van der Waals surface area contributed by atoms with Gasteiger partial charge in [0.1, 0.15) is 0 Å². The Kier molecular flexibility index (Phi) is 8.58. The second-order valence-electron chi connectivity index (χ2n) is 4.11. The molecular formula is C12H22N4O2. The van der Waals surface area contributed by atoms with Crippen LogP contribution in [0.15, 0.2) is 0 Å². The van der Waals surface area contributed by atoms with Crippen LogP contribution in [0.2, 0.25) is 0 Å². The number of carbonyl (C=O) groups is 2. The number of amides is 2. The van der Waals surface area contributed by atoms with E-state index < -0.39 is 0 Å². The van der Waals surface area contributed by atoms with Crippen molar-refractivity contribution < 1.29 is 9.59 Å². The van der Waals surface area contributed by atoms with Gasteiger partial charge in [-0.2, -0.15) is 5.26 Å². The third-order valence-corrected chi connectivity index (χ3v) is 2.53. The molecule has 0 atom stereocenters. The maximum atomic E-state index is 11.8. The SMILES string of the molecule is CCCN(CC(=O)NC)CC(=O)N(C)CCC#N. The highest BCUT2D eigenvalue weighted by molar-refractivity contribution is 5.80. The van der Waals surface area contributed by atoms with Gasteiger partial charge in [-0.15, -0.1) is 0 Å². The molecule has 0 spiro atoms. The average Bonchev–Trinajstić information content (AvgIpc) is 2.35. The van der Waals surface area contributed by atoms with Crippen molar-refractivity contribution in [3.05, 3.63) is 0 Å². The van der Waals surface area contributed by atoms with E-state index in [1.54, 1.807) is 14.1 Å². The van der Waals surface area contributed by atoms with E-state index in [4.69, 9.17) is 5.26 Å². The van der Waals surface area contributed by atoms with Gasteiger partial charge in [0.05, 0.1) is 25.6 Å². The predicted molar refractivity (Wildman–Crippen MR) is 68.7 cm³/mol. The van der Waals surface area contributed by atoms with Gasteiger partial charge < -0.3 is 10.2 Å². The van der Waals surface area contributed by atoms with Crippen molar-refractivity contribution >= 4 is 11.8 Å². The first kappa shape index (κ1) is 16.4. The zero-order chi connectivity index (χ0) is 14.0. The first-order valence-electron chi connectivity index (χ1n) is 6.09.